The van der Waals surface area contributed by atoms with Crippen LogP contribution in [0.4, 0.5) is 5.69 Å². The highest BCUT2D eigenvalue weighted by Gasteiger charge is 2.21. The topological polar surface area (TPSA) is 95.6 Å². The molecule has 0 heterocycles. The van der Waals surface area contributed by atoms with Crippen molar-refractivity contribution in [3.8, 4) is 0 Å². The summed E-state index contributed by atoms with van der Waals surface area (Å²) in [6.07, 6.45) is 0. The number of hydrogen-bond donors (Lipinski definition) is 2. The van der Waals surface area contributed by atoms with E-state index in [1.165, 1.54) is 16.4 Å². The molecule has 0 atom stereocenters. The normalized spacial score (nSPS) is 11.9. The maximum absolute atomic E-state index is 12.5. The van der Waals surface area contributed by atoms with Gasteiger partial charge < -0.3 is 10.6 Å². The molecule has 2 N–H and O–H groups in total. The largest absolute Gasteiger partial charge is 0.347 e. The zero-order valence-corrected chi connectivity index (χ0v) is 18.8. The Bertz CT molecular complexity index is 988. The molecule has 0 unspecified atom stereocenters. The number of nitrogens with one attached hydrogen (secondary N) is 2. The van der Waals surface area contributed by atoms with Gasteiger partial charge in [0.2, 0.25) is 10.0 Å². The average Bonchev–Trinajstić information content (AvgIpc) is 2.68. The Kier molecular flexibility index (Phi) is 7.39. The molecule has 2 amide bonds. The molecule has 0 fully saturated rings. The van der Waals surface area contributed by atoms with E-state index < -0.39 is 10.0 Å². The third-order valence-electron chi connectivity index (χ3n) is 4.35. The van der Waals surface area contributed by atoms with Gasteiger partial charge in [-0.2, -0.15) is 4.31 Å². The number of anilines is 1. The lowest BCUT2D eigenvalue weighted by Crippen LogP contribution is -2.40. The van der Waals surface area contributed by atoms with Gasteiger partial charge in [0, 0.05) is 35.4 Å². The standard InChI is InChI=1S/C22H29N3O4S/c1-6-25(7-2)30(28,29)19-14-12-18(13-15-19)23-20(26)16-8-10-17(11-9-16)21(27)24-22(3,4)5/h8-15H,6-7H2,1-5H3,(H,23,26)(H,24,27). The van der Waals surface area contributed by atoms with Crippen molar-refractivity contribution >= 4 is 27.5 Å². The Morgan fingerprint density at radius 2 is 1.30 bits per heavy atom. The van der Waals surface area contributed by atoms with Crippen LogP contribution in [0.25, 0.3) is 0 Å². The molecule has 0 radical (unpaired) electrons. The van der Waals surface area contributed by atoms with Crippen molar-refractivity contribution in [1.82, 2.24) is 9.62 Å². The summed E-state index contributed by atoms with van der Waals surface area (Å²) in [7, 11) is -3.54. The number of carbonyl (C=O) groups is 2. The van der Waals surface area contributed by atoms with E-state index in [0.717, 1.165) is 0 Å². The van der Waals surface area contributed by atoms with Crippen LogP contribution in [0, 0.1) is 0 Å². The highest BCUT2D eigenvalue weighted by Crippen LogP contribution is 2.19. The molecule has 2 aromatic rings. The summed E-state index contributed by atoms with van der Waals surface area (Å²) in [6, 6.07) is 12.4. The second-order valence-electron chi connectivity index (χ2n) is 7.85. The van der Waals surface area contributed by atoms with E-state index in [4.69, 9.17) is 0 Å². The van der Waals surface area contributed by atoms with Crippen molar-refractivity contribution in [1.29, 1.82) is 0 Å². The van der Waals surface area contributed by atoms with Crippen molar-refractivity contribution < 1.29 is 18.0 Å². The fraction of sp³-hybridized carbons (Fsp3) is 0.364. The molecule has 0 spiro atoms. The summed E-state index contributed by atoms with van der Waals surface area (Å²) in [6.45, 7) is 10.0. The van der Waals surface area contributed by atoms with E-state index in [2.05, 4.69) is 10.6 Å². The molecule has 0 aliphatic carbocycles. The Morgan fingerprint density at radius 3 is 1.73 bits per heavy atom. The van der Waals surface area contributed by atoms with Crippen LogP contribution in [0.15, 0.2) is 53.4 Å². The summed E-state index contributed by atoms with van der Waals surface area (Å²) < 4.78 is 26.4. The van der Waals surface area contributed by atoms with Gasteiger partial charge in [-0.3, -0.25) is 9.59 Å². The Morgan fingerprint density at radius 1 is 0.833 bits per heavy atom. The first kappa shape index (κ1) is 23.6. The zero-order valence-electron chi connectivity index (χ0n) is 18.0. The van der Waals surface area contributed by atoms with Crippen LogP contribution in [-0.2, 0) is 10.0 Å². The Hall–Kier alpha value is -2.71. The molecule has 0 saturated carbocycles. The van der Waals surface area contributed by atoms with Crippen LogP contribution in [-0.4, -0.2) is 43.2 Å². The van der Waals surface area contributed by atoms with Gasteiger partial charge in [-0.05, 0) is 69.3 Å². The van der Waals surface area contributed by atoms with Crippen molar-refractivity contribution in [2.45, 2.75) is 45.1 Å². The molecule has 8 heteroatoms. The lowest BCUT2D eigenvalue weighted by Gasteiger charge is -2.20. The second-order valence-corrected chi connectivity index (χ2v) is 9.79. The summed E-state index contributed by atoms with van der Waals surface area (Å²) in [5.74, 6) is -0.559. The minimum absolute atomic E-state index is 0.179. The van der Waals surface area contributed by atoms with Gasteiger partial charge in [0.1, 0.15) is 0 Å². The molecule has 2 rings (SSSR count). The van der Waals surface area contributed by atoms with Gasteiger partial charge in [-0.25, -0.2) is 8.42 Å². The average molecular weight is 432 g/mol. The van der Waals surface area contributed by atoms with Crippen LogP contribution >= 0.6 is 0 Å². The molecular formula is C22H29N3O4S. The van der Waals surface area contributed by atoms with Gasteiger partial charge in [-0.1, -0.05) is 13.8 Å². The predicted octanol–water partition coefficient (Wildman–Crippen LogP) is 3.50. The maximum atomic E-state index is 12.5. The number of rotatable bonds is 7. The van der Waals surface area contributed by atoms with Crippen molar-refractivity contribution in [2.24, 2.45) is 0 Å². The molecule has 0 aliphatic heterocycles. The summed E-state index contributed by atoms with van der Waals surface area (Å²) in [5, 5.41) is 5.60. The van der Waals surface area contributed by atoms with E-state index in [1.54, 1.807) is 50.2 Å². The minimum Gasteiger partial charge on any atom is -0.347 e. The van der Waals surface area contributed by atoms with E-state index in [1.807, 2.05) is 20.8 Å². The van der Waals surface area contributed by atoms with Crippen LogP contribution in [0.2, 0.25) is 0 Å². The maximum Gasteiger partial charge on any atom is 0.255 e. The fourth-order valence-corrected chi connectivity index (χ4v) is 4.27. The molecule has 2 aromatic carbocycles. The molecule has 0 bridgehead atoms. The highest BCUT2D eigenvalue weighted by atomic mass is 32.2. The predicted molar refractivity (Wildman–Crippen MR) is 118 cm³/mol. The lowest BCUT2D eigenvalue weighted by molar-refractivity contribution is 0.0918. The number of sulfonamides is 1. The van der Waals surface area contributed by atoms with E-state index in [0.29, 0.717) is 29.9 Å². The number of hydrogen-bond acceptors (Lipinski definition) is 4. The smallest absolute Gasteiger partial charge is 0.255 e. The molecule has 30 heavy (non-hydrogen) atoms. The zero-order chi connectivity index (χ0) is 22.5. The number of amides is 2. The summed E-state index contributed by atoms with van der Waals surface area (Å²) >= 11 is 0. The third-order valence-corrected chi connectivity index (χ3v) is 6.42. The molecule has 0 saturated heterocycles. The van der Waals surface area contributed by atoms with E-state index >= 15 is 0 Å². The number of benzene rings is 2. The SMILES string of the molecule is CCN(CC)S(=O)(=O)c1ccc(NC(=O)c2ccc(C(=O)NC(C)(C)C)cc2)cc1. The van der Waals surface area contributed by atoms with E-state index in [-0.39, 0.29) is 22.2 Å². The van der Waals surface area contributed by atoms with Gasteiger partial charge in [0.05, 0.1) is 4.90 Å². The summed E-state index contributed by atoms with van der Waals surface area (Å²) in [5.41, 5.74) is 0.987. The van der Waals surface area contributed by atoms with Gasteiger partial charge in [0.15, 0.2) is 0 Å². The monoisotopic (exact) mass is 431 g/mol. The summed E-state index contributed by atoms with van der Waals surface area (Å²) in [4.78, 5) is 24.8. The minimum atomic E-state index is -3.54. The Balaban J connectivity index is 2.09. The van der Waals surface area contributed by atoms with E-state index in [9.17, 15) is 18.0 Å². The molecule has 7 nitrogen and oxygen atoms in total. The first-order valence-corrected chi connectivity index (χ1v) is 11.3. The lowest BCUT2D eigenvalue weighted by atomic mass is 10.1. The van der Waals surface area contributed by atoms with Crippen molar-refractivity contribution in [3.05, 3.63) is 59.7 Å². The molecular weight excluding hydrogens is 402 g/mol. The van der Waals surface area contributed by atoms with Crippen molar-refractivity contribution in [2.75, 3.05) is 18.4 Å². The first-order chi connectivity index (χ1) is 14.0. The van der Waals surface area contributed by atoms with Crippen LogP contribution in [0.1, 0.15) is 55.3 Å². The number of nitrogens with zero attached hydrogens (tertiary/aromatic N) is 1. The molecule has 0 aromatic heterocycles. The van der Waals surface area contributed by atoms with Crippen LogP contribution < -0.4 is 10.6 Å². The van der Waals surface area contributed by atoms with Gasteiger partial charge >= 0.3 is 0 Å². The number of carbonyl (C=O) groups excluding carboxylic acids is 2. The van der Waals surface area contributed by atoms with Gasteiger partial charge in [-0.15, -0.1) is 0 Å². The third kappa shape index (κ3) is 5.90. The quantitative estimate of drug-likeness (QED) is 0.701. The first-order valence-electron chi connectivity index (χ1n) is 9.82. The second kappa shape index (κ2) is 9.40. The fourth-order valence-electron chi connectivity index (χ4n) is 2.81. The molecule has 162 valence electrons. The van der Waals surface area contributed by atoms with Crippen molar-refractivity contribution in [3.63, 3.8) is 0 Å². The molecule has 0 aliphatic rings. The van der Waals surface area contributed by atoms with Crippen LogP contribution in [0.3, 0.4) is 0 Å². The van der Waals surface area contributed by atoms with Gasteiger partial charge in [0.25, 0.3) is 11.8 Å². The Labute approximate surface area is 178 Å². The highest BCUT2D eigenvalue weighted by molar-refractivity contribution is 7.89. The van der Waals surface area contributed by atoms with Crippen LogP contribution in [0.5, 0.6) is 0 Å².